The summed E-state index contributed by atoms with van der Waals surface area (Å²) in [6, 6.07) is 7.62. The Balaban J connectivity index is 1.65. The Labute approximate surface area is 175 Å². The van der Waals surface area contributed by atoms with Crippen molar-refractivity contribution in [2.24, 2.45) is 6.98 Å². The van der Waals surface area contributed by atoms with E-state index in [1.54, 1.807) is 18.2 Å². The van der Waals surface area contributed by atoms with Gasteiger partial charge in [-0.1, -0.05) is 18.2 Å². The van der Waals surface area contributed by atoms with E-state index in [2.05, 4.69) is 20.2 Å². The van der Waals surface area contributed by atoms with Crippen molar-refractivity contribution >= 4 is 0 Å². The minimum absolute atomic E-state index is 0.200. The zero-order valence-corrected chi connectivity index (χ0v) is 15.9. The van der Waals surface area contributed by atoms with Crippen molar-refractivity contribution in [3.63, 3.8) is 0 Å². The summed E-state index contributed by atoms with van der Waals surface area (Å²) in [6.07, 6.45) is 5.06. The molecule has 152 valence electrons. The number of aromatic nitrogens is 6. The van der Waals surface area contributed by atoms with Gasteiger partial charge in [-0.25, -0.2) is 19.0 Å². The van der Waals surface area contributed by atoms with Crippen LogP contribution in [0.5, 0.6) is 5.75 Å². The van der Waals surface area contributed by atoms with Crippen molar-refractivity contribution < 1.29 is 13.2 Å². The van der Waals surface area contributed by atoms with Crippen LogP contribution in [0, 0.1) is 0 Å². The first kappa shape index (κ1) is 16.0. The molecule has 30 heavy (non-hydrogen) atoms. The largest absolute Gasteiger partial charge is 0.491 e. The maximum Gasteiger partial charge on any atom is 0.206 e. The van der Waals surface area contributed by atoms with Crippen LogP contribution in [0.3, 0.4) is 0 Å². The van der Waals surface area contributed by atoms with E-state index in [9.17, 15) is 4.79 Å². The third kappa shape index (κ3) is 3.95. The van der Waals surface area contributed by atoms with E-state index in [-0.39, 0.29) is 16.9 Å². The number of alkyl halides is 1. The Kier molecular flexibility index (Phi) is 4.39. The molecule has 0 radical (unpaired) electrons. The molecule has 0 aliphatic rings. The van der Waals surface area contributed by atoms with E-state index in [1.165, 1.54) is 47.8 Å². The first-order chi connectivity index (χ1) is 15.8. The second-order valence-corrected chi connectivity index (χ2v) is 6.32. The van der Waals surface area contributed by atoms with Gasteiger partial charge in [0.2, 0.25) is 5.43 Å². The van der Waals surface area contributed by atoms with Crippen LogP contribution in [0.2, 0.25) is 0 Å². The summed E-state index contributed by atoms with van der Waals surface area (Å²) in [5, 5.41) is 7.87. The molecular formula is C21H19FN6O2. The van der Waals surface area contributed by atoms with Crippen LogP contribution < -0.4 is 10.2 Å². The first-order valence-electron chi connectivity index (χ1n) is 10.6. The van der Waals surface area contributed by atoms with Crippen LogP contribution in [0.1, 0.15) is 28.5 Å². The predicted molar refractivity (Wildman–Crippen MR) is 108 cm³/mol. The van der Waals surface area contributed by atoms with E-state index in [0.717, 1.165) is 4.68 Å². The van der Waals surface area contributed by atoms with Crippen molar-refractivity contribution in [3.8, 4) is 22.8 Å². The van der Waals surface area contributed by atoms with Gasteiger partial charge < -0.3 is 4.74 Å². The number of halogens is 1. The molecule has 0 spiro atoms. The summed E-state index contributed by atoms with van der Waals surface area (Å²) >= 11 is 0. The predicted octanol–water partition coefficient (Wildman–Crippen LogP) is 2.88. The van der Waals surface area contributed by atoms with E-state index in [4.69, 9.17) is 8.85 Å². The van der Waals surface area contributed by atoms with Gasteiger partial charge in [0, 0.05) is 28.9 Å². The quantitative estimate of drug-likeness (QED) is 0.487. The summed E-state index contributed by atoms with van der Waals surface area (Å²) in [7, 11) is 0. The summed E-state index contributed by atoms with van der Waals surface area (Å²) in [6.45, 7) is -0.129. The molecule has 0 saturated carbocycles. The molecule has 0 fully saturated rings. The van der Waals surface area contributed by atoms with Gasteiger partial charge in [-0.05, 0) is 18.6 Å². The maximum absolute atomic E-state index is 15.4. The van der Waals surface area contributed by atoms with Gasteiger partial charge in [-0.3, -0.25) is 9.48 Å². The first-order valence-corrected chi connectivity index (χ1v) is 9.11. The molecule has 0 saturated heterocycles. The highest BCUT2D eigenvalue weighted by molar-refractivity contribution is 5.56. The third-order valence-corrected chi connectivity index (χ3v) is 4.29. The maximum atomic E-state index is 15.4. The lowest BCUT2D eigenvalue weighted by atomic mass is 10.0. The van der Waals surface area contributed by atoms with Gasteiger partial charge in [0.15, 0.2) is 17.7 Å². The van der Waals surface area contributed by atoms with E-state index in [0.29, 0.717) is 23.7 Å². The lowest BCUT2D eigenvalue weighted by molar-refractivity contribution is 0.337. The molecule has 0 bridgehead atoms. The lowest BCUT2D eigenvalue weighted by Crippen LogP contribution is -2.18. The standard InChI is InChI=1S/C21H19FN6O2/c1-3-30-17-11-23-21(24-12-17)15-6-4-5-14(9-15)19(22)20-18(29)7-8-28(26-20)16-10-25-27(2)13-16/h4-13,19H,3H2,1-2H3/i2D3. The van der Waals surface area contributed by atoms with E-state index in [1.807, 2.05) is 6.92 Å². The second-order valence-electron chi connectivity index (χ2n) is 6.32. The van der Waals surface area contributed by atoms with Gasteiger partial charge in [-0.15, -0.1) is 0 Å². The van der Waals surface area contributed by atoms with Crippen molar-refractivity contribution in [1.82, 2.24) is 29.5 Å². The van der Waals surface area contributed by atoms with E-state index < -0.39 is 18.6 Å². The average Bonchev–Trinajstić information content (AvgIpc) is 3.31. The molecule has 0 amide bonds. The monoisotopic (exact) mass is 409 g/mol. The number of rotatable bonds is 6. The summed E-state index contributed by atoms with van der Waals surface area (Å²) in [5.41, 5.74) is 0.101. The van der Waals surface area contributed by atoms with E-state index >= 15 is 4.39 Å². The van der Waals surface area contributed by atoms with Crippen LogP contribution >= 0.6 is 0 Å². The number of hydrogen-bond acceptors (Lipinski definition) is 6. The van der Waals surface area contributed by atoms with Gasteiger partial charge in [0.1, 0.15) is 11.4 Å². The number of aryl methyl sites for hydroxylation is 1. The highest BCUT2D eigenvalue weighted by atomic mass is 19.1. The molecule has 1 atom stereocenters. The number of hydrogen-bond donors (Lipinski definition) is 0. The fourth-order valence-corrected chi connectivity index (χ4v) is 2.87. The molecule has 8 nitrogen and oxygen atoms in total. The highest BCUT2D eigenvalue weighted by Crippen LogP contribution is 2.26. The molecule has 0 aliphatic carbocycles. The minimum Gasteiger partial charge on any atom is -0.491 e. The van der Waals surface area contributed by atoms with Gasteiger partial charge >= 0.3 is 0 Å². The zero-order chi connectivity index (χ0) is 23.6. The summed E-state index contributed by atoms with van der Waals surface area (Å²) < 4.78 is 45.0. The van der Waals surface area contributed by atoms with Crippen LogP contribution in [-0.2, 0) is 6.98 Å². The topological polar surface area (TPSA) is 87.7 Å². The van der Waals surface area contributed by atoms with Crippen molar-refractivity contribution in [2.75, 3.05) is 6.61 Å². The molecule has 4 rings (SSSR count). The van der Waals surface area contributed by atoms with Crippen LogP contribution in [0.25, 0.3) is 17.1 Å². The lowest BCUT2D eigenvalue weighted by Gasteiger charge is -2.11. The smallest absolute Gasteiger partial charge is 0.206 e. The third-order valence-electron chi connectivity index (χ3n) is 4.29. The highest BCUT2D eigenvalue weighted by Gasteiger charge is 2.20. The van der Waals surface area contributed by atoms with Crippen LogP contribution in [0.15, 0.2) is 66.1 Å². The summed E-state index contributed by atoms with van der Waals surface area (Å²) in [5.74, 6) is 0.902. The molecule has 0 N–H and O–H groups in total. The number of benzene rings is 1. The Morgan fingerprint density at radius 3 is 2.80 bits per heavy atom. The fraction of sp³-hybridized carbons (Fsp3) is 0.190. The molecule has 4 aromatic rings. The molecule has 1 unspecified atom stereocenters. The summed E-state index contributed by atoms with van der Waals surface area (Å²) in [4.78, 5) is 20.8. The van der Waals surface area contributed by atoms with Crippen molar-refractivity contribution in [1.29, 1.82) is 0 Å². The molecule has 9 heteroatoms. The Morgan fingerprint density at radius 1 is 1.23 bits per heavy atom. The molecule has 0 aliphatic heterocycles. The minimum atomic E-state index is -2.47. The van der Waals surface area contributed by atoms with Crippen LogP contribution in [-0.4, -0.2) is 36.1 Å². The van der Waals surface area contributed by atoms with Gasteiger partial charge in [0.25, 0.3) is 0 Å². The molecular weight excluding hydrogens is 387 g/mol. The number of ether oxygens (including phenoxy) is 1. The fourth-order valence-electron chi connectivity index (χ4n) is 2.87. The number of nitrogens with zero attached hydrogens (tertiary/aromatic N) is 6. The van der Waals surface area contributed by atoms with Gasteiger partial charge in [-0.2, -0.15) is 10.2 Å². The Morgan fingerprint density at radius 2 is 2.07 bits per heavy atom. The molecule has 1 aromatic carbocycles. The Hall–Kier alpha value is -3.88. The normalized spacial score (nSPS) is 13.9. The SMILES string of the molecule is [2H]C([2H])([2H])n1cc(-n2ccc(=O)c(C(F)c3cccc(-c4ncc(OCC)cn4)c3)n2)cn1. The zero-order valence-electron chi connectivity index (χ0n) is 18.9. The van der Waals surface area contributed by atoms with Crippen molar-refractivity contribution in [2.45, 2.75) is 13.1 Å². The van der Waals surface area contributed by atoms with Crippen molar-refractivity contribution in [3.05, 3.63) is 82.8 Å². The molecule has 3 heterocycles. The van der Waals surface area contributed by atoms with Gasteiger partial charge in [0.05, 0.1) is 31.4 Å². The second kappa shape index (κ2) is 8.24. The van der Waals surface area contributed by atoms with Crippen LogP contribution in [0.4, 0.5) is 4.39 Å². The average molecular weight is 409 g/mol. The molecule has 3 aromatic heterocycles. The Bertz CT molecular complexity index is 1320.